The van der Waals surface area contributed by atoms with Crippen molar-refractivity contribution in [2.45, 2.75) is 39.3 Å². The Kier molecular flexibility index (Phi) is 5.77. The number of hydrogen-bond acceptors (Lipinski definition) is 3. The van der Waals surface area contributed by atoms with Crippen LogP contribution in [0, 0.1) is 11.8 Å². The van der Waals surface area contributed by atoms with Crippen molar-refractivity contribution in [3.05, 3.63) is 35.9 Å². The molecule has 3 atom stereocenters. The number of carbonyl (C=O) groups is 2. The van der Waals surface area contributed by atoms with Crippen molar-refractivity contribution in [1.82, 2.24) is 10.2 Å². The molecule has 0 spiro atoms. The van der Waals surface area contributed by atoms with Crippen LogP contribution < -0.4 is 5.32 Å². The van der Waals surface area contributed by atoms with Gasteiger partial charge in [0.15, 0.2) is 0 Å². The van der Waals surface area contributed by atoms with Gasteiger partial charge in [-0.25, -0.2) is 0 Å². The van der Waals surface area contributed by atoms with Gasteiger partial charge in [-0.15, -0.1) is 0 Å². The Labute approximate surface area is 137 Å². The van der Waals surface area contributed by atoms with Gasteiger partial charge in [-0.1, -0.05) is 44.2 Å². The van der Waals surface area contributed by atoms with Crippen LogP contribution in [0.3, 0.4) is 0 Å². The lowest BCUT2D eigenvalue weighted by molar-refractivity contribution is -0.130. The average molecular weight is 318 g/mol. The standard InChI is InChI=1S/C18H26N2O3/c1-12(2)16(21)10-19-18(23)15-9-17(22)20(11-15)13(3)14-7-5-4-6-8-14/h4-8,12-13,15-16,21H,9-11H2,1-3H3,(H,19,23). The normalized spacial score (nSPS) is 20.7. The van der Waals surface area contributed by atoms with Crippen LogP contribution in [0.2, 0.25) is 0 Å². The smallest absolute Gasteiger partial charge is 0.225 e. The maximum absolute atomic E-state index is 12.2. The van der Waals surface area contributed by atoms with E-state index in [1.165, 1.54) is 0 Å². The van der Waals surface area contributed by atoms with Crippen LogP contribution in [0.25, 0.3) is 0 Å². The number of rotatable bonds is 6. The molecule has 0 saturated carbocycles. The molecule has 1 aliphatic rings. The van der Waals surface area contributed by atoms with Crippen LogP contribution in [0.15, 0.2) is 30.3 Å². The van der Waals surface area contributed by atoms with Crippen LogP contribution in [-0.2, 0) is 9.59 Å². The van der Waals surface area contributed by atoms with Crippen molar-refractivity contribution in [2.24, 2.45) is 11.8 Å². The zero-order chi connectivity index (χ0) is 17.0. The lowest BCUT2D eigenvalue weighted by atomic mass is 10.1. The Morgan fingerprint density at radius 1 is 1.30 bits per heavy atom. The van der Waals surface area contributed by atoms with Crippen LogP contribution >= 0.6 is 0 Å². The summed E-state index contributed by atoms with van der Waals surface area (Å²) in [4.78, 5) is 26.2. The summed E-state index contributed by atoms with van der Waals surface area (Å²) in [6.45, 7) is 6.45. The van der Waals surface area contributed by atoms with Crippen LogP contribution in [0.4, 0.5) is 0 Å². The van der Waals surface area contributed by atoms with Crippen molar-refractivity contribution in [3.8, 4) is 0 Å². The molecule has 2 rings (SSSR count). The highest BCUT2D eigenvalue weighted by atomic mass is 16.3. The van der Waals surface area contributed by atoms with E-state index in [1.807, 2.05) is 51.1 Å². The minimum atomic E-state index is -0.560. The first-order valence-electron chi connectivity index (χ1n) is 8.20. The first-order valence-corrected chi connectivity index (χ1v) is 8.20. The number of aliphatic hydroxyl groups is 1. The van der Waals surface area contributed by atoms with Gasteiger partial charge in [0.2, 0.25) is 11.8 Å². The zero-order valence-corrected chi connectivity index (χ0v) is 14.0. The van der Waals surface area contributed by atoms with Crippen molar-refractivity contribution in [3.63, 3.8) is 0 Å². The van der Waals surface area contributed by atoms with Gasteiger partial charge in [0.25, 0.3) is 0 Å². The second kappa shape index (κ2) is 7.59. The fourth-order valence-electron chi connectivity index (χ4n) is 2.78. The molecule has 1 heterocycles. The third-order valence-electron chi connectivity index (χ3n) is 4.53. The Bertz CT molecular complexity index is 544. The molecule has 2 N–H and O–H groups in total. The minimum Gasteiger partial charge on any atom is -0.391 e. The minimum absolute atomic E-state index is 0.00547. The second-order valence-electron chi connectivity index (χ2n) is 6.59. The molecular formula is C18H26N2O3. The molecule has 5 nitrogen and oxygen atoms in total. The molecular weight excluding hydrogens is 292 g/mol. The van der Waals surface area contributed by atoms with Crippen LogP contribution in [0.5, 0.6) is 0 Å². The fraction of sp³-hybridized carbons (Fsp3) is 0.556. The summed E-state index contributed by atoms with van der Waals surface area (Å²) < 4.78 is 0. The van der Waals surface area contributed by atoms with E-state index in [-0.39, 0.29) is 42.7 Å². The van der Waals surface area contributed by atoms with E-state index in [0.29, 0.717) is 6.54 Å². The molecule has 126 valence electrons. The van der Waals surface area contributed by atoms with Gasteiger partial charge in [-0.2, -0.15) is 0 Å². The lowest BCUT2D eigenvalue weighted by Crippen LogP contribution is -2.39. The number of hydrogen-bond donors (Lipinski definition) is 2. The summed E-state index contributed by atoms with van der Waals surface area (Å²) in [7, 11) is 0. The molecule has 0 radical (unpaired) electrons. The average Bonchev–Trinajstić information content (AvgIpc) is 2.94. The van der Waals surface area contributed by atoms with Crippen molar-refractivity contribution < 1.29 is 14.7 Å². The topological polar surface area (TPSA) is 69.6 Å². The summed E-state index contributed by atoms with van der Waals surface area (Å²) in [5.41, 5.74) is 1.07. The van der Waals surface area contributed by atoms with Gasteiger partial charge in [0.05, 0.1) is 18.1 Å². The molecule has 23 heavy (non-hydrogen) atoms. The Balaban J connectivity index is 1.93. The maximum atomic E-state index is 12.2. The number of aliphatic hydroxyl groups excluding tert-OH is 1. The monoisotopic (exact) mass is 318 g/mol. The molecule has 1 aromatic rings. The van der Waals surface area contributed by atoms with Crippen LogP contribution in [0.1, 0.15) is 38.8 Å². The first kappa shape index (κ1) is 17.5. The summed E-state index contributed by atoms with van der Waals surface area (Å²) in [5, 5.41) is 12.5. The van der Waals surface area contributed by atoms with E-state index in [2.05, 4.69) is 5.32 Å². The van der Waals surface area contributed by atoms with Gasteiger partial charge < -0.3 is 15.3 Å². The first-order chi connectivity index (χ1) is 10.9. The summed E-state index contributed by atoms with van der Waals surface area (Å²) in [6, 6.07) is 9.78. The highest BCUT2D eigenvalue weighted by Gasteiger charge is 2.37. The number of benzene rings is 1. The predicted octanol–water partition coefficient (Wildman–Crippen LogP) is 1.73. The van der Waals surface area contributed by atoms with E-state index in [9.17, 15) is 14.7 Å². The van der Waals surface area contributed by atoms with E-state index in [0.717, 1.165) is 5.56 Å². The highest BCUT2D eigenvalue weighted by Crippen LogP contribution is 2.28. The fourth-order valence-corrected chi connectivity index (χ4v) is 2.78. The number of likely N-dealkylation sites (tertiary alicyclic amines) is 1. The third-order valence-corrected chi connectivity index (χ3v) is 4.53. The zero-order valence-electron chi connectivity index (χ0n) is 14.0. The lowest BCUT2D eigenvalue weighted by Gasteiger charge is -2.25. The molecule has 0 aliphatic carbocycles. The van der Waals surface area contributed by atoms with E-state index in [4.69, 9.17) is 0 Å². The van der Waals surface area contributed by atoms with E-state index >= 15 is 0 Å². The number of nitrogens with zero attached hydrogens (tertiary/aromatic N) is 1. The quantitative estimate of drug-likeness (QED) is 0.839. The number of carbonyl (C=O) groups excluding carboxylic acids is 2. The summed E-state index contributed by atoms with van der Waals surface area (Å²) >= 11 is 0. The molecule has 2 amide bonds. The van der Waals surface area contributed by atoms with Gasteiger partial charge >= 0.3 is 0 Å². The Morgan fingerprint density at radius 3 is 2.57 bits per heavy atom. The Morgan fingerprint density at radius 2 is 1.96 bits per heavy atom. The number of amides is 2. The van der Waals surface area contributed by atoms with Gasteiger partial charge in [-0.3, -0.25) is 9.59 Å². The molecule has 1 saturated heterocycles. The third kappa shape index (κ3) is 4.32. The summed E-state index contributed by atoms with van der Waals surface area (Å²) in [6.07, 6.45) is -0.323. The van der Waals surface area contributed by atoms with Crippen molar-refractivity contribution in [2.75, 3.05) is 13.1 Å². The Hall–Kier alpha value is -1.88. The molecule has 1 fully saturated rings. The van der Waals surface area contributed by atoms with Crippen molar-refractivity contribution >= 4 is 11.8 Å². The molecule has 1 aromatic carbocycles. The van der Waals surface area contributed by atoms with Crippen LogP contribution in [-0.4, -0.2) is 41.0 Å². The molecule has 3 unspecified atom stereocenters. The van der Waals surface area contributed by atoms with Gasteiger partial charge in [0.1, 0.15) is 0 Å². The molecule has 0 bridgehead atoms. The van der Waals surface area contributed by atoms with Gasteiger partial charge in [0, 0.05) is 19.5 Å². The van der Waals surface area contributed by atoms with E-state index < -0.39 is 6.10 Å². The van der Waals surface area contributed by atoms with Gasteiger partial charge in [-0.05, 0) is 18.4 Å². The van der Waals surface area contributed by atoms with E-state index in [1.54, 1.807) is 4.90 Å². The summed E-state index contributed by atoms with van der Waals surface area (Å²) in [5.74, 6) is -0.394. The molecule has 0 aromatic heterocycles. The largest absolute Gasteiger partial charge is 0.391 e. The SMILES string of the molecule is CC(C)C(O)CNC(=O)C1CC(=O)N(C(C)c2ccccc2)C1. The molecule has 1 aliphatic heterocycles. The number of nitrogens with one attached hydrogen (secondary N) is 1. The maximum Gasteiger partial charge on any atom is 0.225 e. The predicted molar refractivity (Wildman–Crippen MR) is 88.5 cm³/mol. The second-order valence-corrected chi connectivity index (χ2v) is 6.59. The highest BCUT2D eigenvalue weighted by molar-refractivity contribution is 5.89. The molecule has 5 heteroatoms. The van der Waals surface area contributed by atoms with Crippen molar-refractivity contribution in [1.29, 1.82) is 0 Å².